The molecule has 0 saturated heterocycles. The van der Waals surface area contributed by atoms with E-state index in [9.17, 15) is 4.79 Å². The highest BCUT2D eigenvalue weighted by atomic mass is 16.5. The molecule has 0 aliphatic rings. The Kier molecular flexibility index (Phi) is 3.72. The van der Waals surface area contributed by atoms with E-state index in [2.05, 4.69) is 6.92 Å². The summed E-state index contributed by atoms with van der Waals surface area (Å²) < 4.78 is 5.22. The lowest BCUT2D eigenvalue weighted by Gasteiger charge is -2.12. The zero-order valence-electron chi connectivity index (χ0n) is 9.33. The van der Waals surface area contributed by atoms with E-state index in [4.69, 9.17) is 9.84 Å². The van der Waals surface area contributed by atoms with Gasteiger partial charge in [0, 0.05) is 0 Å². The first kappa shape index (κ1) is 11.6. The number of methoxy groups -OCH3 is 1. The lowest BCUT2D eigenvalue weighted by Crippen LogP contribution is -2.04. The summed E-state index contributed by atoms with van der Waals surface area (Å²) in [7, 11) is 1.61. The minimum absolute atomic E-state index is 0.360. The van der Waals surface area contributed by atoms with Gasteiger partial charge in [0.05, 0.1) is 12.7 Å². The summed E-state index contributed by atoms with van der Waals surface area (Å²) in [6, 6.07) is 3.32. The second kappa shape index (κ2) is 4.82. The molecule has 0 fully saturated rings. The van der Waals surface area contributed by atoms with Gasteiger partial charge in [0.1, 0.15) is 5.75 Å². The van der Waals surface area contributed by atoms with E-state index >= 15 is 0 Å². The van der Waals surface area contributed by atoms with Crippen LogP contribution in [-0.2, 0) is 6.42 Å². The van der Waals surface area contributed by atoms with Crippen LogP contribution in [0.3, 0.4) is 0 Å². The Morgan fingerprint density at radius 2 is 2.13 bits per heavy atom. The Bertz CT molecular complexity index is 369. The molecule has 0 spiro atoms. The Labute approximate surface area is 89.7 Å². The molecule has 0 radical (unpaired) electrons. The molecule has 0 amide bonds. The molecule has 1 rings (SSSR count). The number of hydrogen-bond donors (Lipinski definition) is 1. The zero-order chi connectivity index (χ0) is 11.4. The second-order valence-corrected chi connectivity index (χ2v) is 3.47. The summed E-state index contributed by atoms with van der Waals surface area (Å²) in [6.07, 6.45) is 1.82. The van der Waals surface area contributed by atoms with E-state index in [1.807, 2.05) is 6.92 Å². The van der Waals surface area contributed by atoms with Crippen molar-refractivity contribution in [1.29, 1.82) is 0 Å². The number of rotatable bonds is 4. The average Bonchev–Trinajstić information content (AvgIpc) is 2.20. The summed E-state index contributed by atoms with van der Waals surface area (Å²) in [5.41, 5.74) is 2.17. The smallest absolute Gasteiger partial charge is 0.335 e. The standard InChI is InChI=1S/C12H16O3/c1-4-5-9-8(2)10(12(13)14)6-7-11(9)15-3/h6-7H,4-5H2,1-3H3,(H,13,14). The van der Waals surface area contributed by atoms with Crippen LogP contribution in [0.4, 0.5) is 0 Å². The summed E-state index contributed by atoms with van der Waals surface area (Å²) >= 11 is 0. The van der Waals surface area contributed by atoms with Crippen LogP contribution in [0, 0.1) is 6.92 Å². The lowest BCUT2D eigenvalue weighted by atomic mass is 9.98. The first-order chi connectivity index (χ1) is 7.11. The minimum Gasteiger partial charge on any atom is -0.496 e. The van der Waals surface area contributed by atoms with Gasteiger partial charge in [0.15, 0.2) is 0 Å². The van der Waals surface area contributed by atoms with Crippen LogP contribution in [0.1, 0.15) is 34.8 Å². The number of carbonyl (C=O) groups is 1. The normalized spacial score (nSPS) is 10.1. The van der Waals surface area contributed by atoms with Crippen LogP contribution in [0.25, 0.3) is 0 Å². The molecular weight excluding hydrogens is 192 g/mol. The molecule has 1 aromatic rings. The molecule has 1 N–H and O–H groups in total. The number of carboxylic acids is 1. The van der Waals surface area contributed by atoms with E-state index in [0.29, 0.717) is 5.56 Å². The summed E-state index contributed by atoms with van der Waals surface area (Å²) in [5, 5.41) is 8.98. The van der Waals surface area contributed by atoms with Gasteiger partial charge in [-0.05, 0) is 36.6 Å². The number of carboxylic acid groups (broad SMARTS) is 1. The van der Waals surface area contributed by atoms with E-state index in [1.54, 1.807) is 19.2 Å². The molecule has 3 nitrogen and oxygen atoms in total. The molecule has 1 aromatic carbocycles. The lowest BCUT2D eigenvalue weighted by molar-refractivity contribution is 0.0696. The van der Waals surface area contributed by atoms with Crippen LogP contribution in [0.2, 0.25) is 0 Å². The highest BCUT2D eigenvalue weighted by Gasteiger charge is 2.13. The van der Waals surface area contributed by atoms with E-state index in [-0.39, 0.29) is 0 Å². The van der Waals surface area contributed by atoms with E-state index in [0.717, 1.165) is 29.7 Å². The first-order valence-electron chi connectivity index (χ1n) is 5.01. The Balaban J connectivity index is 3.28. The van der Waals surface area contributed by atoms with Crippen molar-refractivity contribution in [2.24, 2.45) is 0 Å². The quantitative estimate of drug-likeness (QED) is 0.827. The van der Waals surface area contributed by atoms with Gasteiger partial charge in [-0.25, -0.2) is 4.79 Å². The van der Waals surface area contributed by atoms with Gasteiger partial charge < -0.3 is 9.84 Å². The van der Waals surface area contributed by atoms with E-state index < -0.39 is 5.97 Å². The van der Waals surface area contributed by atoms with Crippen molar-refractivity contribution in [3.63, 3.8) is 0 Å². The third kappa shape index (κ3) is 2.29. The van der Waals surface area contributed by atoms with Gasteiger partial charge in [-0.3, -0.25) is 0 Å². The molecule has 0 bridgehead atoms. The van der Waals surface area contributed by atoms with Gasteiger partial charge in [0.2, 0.25) is 0 Å². The molecule has 3 heteroatoms. The monoisotopic (exact) mass is 208 g/mol. The molecule has 15 heavy (non-hydrogen) atoms. The molecule has 82 valence electrons. The molecule has 0 atom stereocenters. The maximum atomic E-state index is 10.9. The molecule has 0 unspecified atom stereocenters. The van der Waals surface area contributed by atoms with Gasteiger partial charge in [-0.1, -0.05) is 13.3 Å². The summed E-state index contributed by atoms with van der Waals surface area (Å²) in [5.74, 6) is -0.105. The average molecular weight is 208 g/mol. The van der Waals surface area contributed by atoms with Crippen molar-refractivity contribution in [2.45, 2.75) is 26.7 Å². The minimum atomic E-state index is -0.882. The maximum absolute atomic E-state index is 10.9. The van der Waals surface area contributed by atoms with Crippen molar-refractivity contribution >= 4 is 5.97 Å². The van der Waals surface area contributed by atoms with Gasteiger partial charge in [-0.2, -0.15) is 0 Å². The predicted molar refractivity (Wildman–Crippen MR) is 58.7 cm³/mol. The van der Waals surface area contributed by atoms with Gasteiger partial charge in [-0.15, -0.1) is 0 Å². The Hall–Kier alpha value is -1.51. The SMILES string of the molecule is CCCc1c(OC)ccc(C(=O)O)c1C. The van der Waals surface area contributed by atoms with Crippen LogP contribution < -0.4 is 4.74 Å². The highest BCUT2D eigenvalue weighted by molar-refractivity contribution is 5.90. The fourth-order valence-electron chi connectivity index (χ4n) is 1.72. The number of hydrogen-bond acceptors (Lipinski definition) is 2. The number of benzene rings is 1. The predicted octanol–water partition coefficient (Wildman–Crippen LogP) is 2.65. The third-order valence-electron chi connectivity index (χ3n) is 2.51. The Morgan fingerprint density at radius 1 is 1.47 bits per heavy atom. The van der Waals surface area contributed by atoms with Crippen LogP contribution in [-0.4, -0.2) is 18.2 Å². The third-order valence-corrected chi connectivity index (χ3v) is 2.51. The molecule has 0 saturated carbocycles. The Morgan fingerprint density at radius 3 is 2.60 bits per heavy atom. The van der Waals surface area contributed by atoms with Gasteiger partial charge >= 0.3 is 5.97 Å². The number of aromatic carboxylic acids is 1. The fourth-order valence-corrected chi connectivity index (χ4v) is 1.72. The van der Waals surface area contributed by atoms with Crippen LogP contribution in [0.5, 0.6) is 5.75 Å². The van der Waals surface area contributed by atoms with Crippen molar-refractivity contribution in [3.8, 4) is 5.75 Å². The molecule has 0 aliphatic carbocycles. The second-order valence-electron chi connectivity index (χ2n) is 3.47. The maximum Gasteiger partial charge on any atom is 0.335 e. The highest BCUT2D eigenvalue weighted by Crippen LogP contribution is 2.26. The van der Waals surface area contributed by atoms with Crippen molar-refractivity contribution < 1.29 is 14.6 Å². The molecular formula is C12H16O3. The number of ether oxygens (including phenoxy) is 1. The first-order valence-corrected chi connectivity index (χ1v) is 5.01. The molecule has 0 aromatic heterocycles. The topological polar surface area (TPSA) is 46.5 Å². The molecule has 0 aliphatic heterocycles. The fraction of sp³-hybridized carbons (Fsp3) is 0.417. The van der Waals surface area contributed by atoms with Crippen molar-refractivity contribution in [1.82, 2.24) is 0 Å². The zero-order valence-corrected chi connectivity index (χ0v) is 9.33. The van der Waals surface area contributed by atoms with E-state index in [1.165, 1.54) is 0 Å². The summed E-state index contributed by atoms with van der Waals surface area (Å²) in [4.78, 5) is 10.9. The van der Waals surface area contributed by atoms with Crippen molar-refractivity contribution in [3.05, 3.63) is 28.8 Å². The van der Waals surface area contributed by atoms with Crippen LogP contribution in [0.15, 0.2) is 12.1 Å². The largest absolute Gasteiger partial charge is 0.496 e. The van der Waals surface area contributed by atoms with Crippen molar-refractivity contribution in [2.75, 3.05) is 7.11 Å². The van der Waals surface area contributed by atoms with Crippen LogP contribution >= 0.6 is 0 Å². The van der Waals surface area contributed by atoms with Gasteiger partial charge in [0.25, 0.3) is 0 Å². The summed E-state index contributed by atoms with van der Waals surface area (Å²) in [6.45, 7) is 3.89. The molecule has 0 heterocycles.